The third-order valence-corrected chi connectivity index (χ3v) is 10.9. The van der Waals surface area contributed by atoms with E-state index in [1.165, 1.54) is 57.8 Å². The fourth-order valence-corrected chi connectivity index (χ4v) is 9.46. The number of fused-ring (bicyclic) bond motifs is 12. The summed E-state index contributed by atoms with van der Waals surface area (Å²) >= 11 is 0. The molecule has 0 radical (unpaired) electrons. The Morgan fingerprint density at radius 1 is 0.735 bits per heavy atom. The minimum absolute atomic E-state index is 0.0833. The van der Waals surface area contributed by atoms with E-state index in [1.807, 2.05) is 0 Å². The zero-order valence-corrected chi connectivity index (χ0v) is 20.8. The van der Waals surface area contributed by atoms with Crippen molar-refractivity contribution in [1.29, 1.82) is 0 Å². The summed E-state index contributed by atoms with van der Waals surface area (Å²) in [5, 5.41) is 35.7. The van der Waals surface area contributed by atoms with Crippen LogP contribution in [-0.2, 0) is 4.74 Å². The second-order valence-corrected chi connectivity index (χ2v) is 12.5. The van der Waals surface area contributed by atoms with E-state index in [0.29, 0.717) is 42.4 Å². The van der Waals surface area contributed by atoms with Crippen molar-refractivity contribution < 1.29 is 20.1 Å². The minimum atomic E-state index is -0.606. The Hall–Kier alpha value is -0.280. The Morgan fingerprint density at radius 3 is 2.32 bits per heavy atom. The molecule has 7 heteroatoms. The molecular weight excluding hydrogens is 430 g/mol. The van der Waals surface area contributed by atoms with E-state index in [0.717, 1.165) is 32.6 Å². The minimum Gasteiger partial charge on any atom is -0.394 e. The van der Waals surface area contributed by atoms with Crippen LogP contribution >= 0.6 is 0 Å². The van der Waals surface area contributed by atoms with E-state index in [4.69, 9.17) is 4.74 Å². The molecule has 0 aromatic carbocycles. The standard InChI is InChI=1S/C27H47N3O4/c31-16-19-9-10-29-15-21(20-6-2-4-8-23(20)29)25-24(26(32)28-27(25)33)18-13-17-5-1-3-7-22(17)30(14-18)11-12-34-19/h17-28,31-33H,1-16H2. The van der Waals surface area contributed by atoms with Gasteiger partial charge < -0.3 is 20.1 Å². The summed E-state index contributed by atoms with van der Waals surface area (Å²) in [7, 11) is 0. The number of nitrogens with zero attached hydrogens (tertiary/aromatic N) is 2. The number of nitrogens with one attached hydrogen (secondary N) is 1. The second kappa shape index (κ2) is 10.2. The van der Waals surface area contributed by atoms with Crippen molar-refractivity contribution in [2.24, 2.45) is 35.5 Å². The fraction of sp³-hybridized carbons (Fsp3) is 1.00. The Kier molecular flexibility index (Phi) is 7.25. The topological polar surface area (TPSA) is 88.4 Å². The zero-order valence-electron chi connectivity index (χ0n) is 20.8. The van der Waals surface area contributed by atoms with E-state index in [9.17, 15) is 15.3 Å². The number of aliphatic hydroxyl groups excluding tert-OH is 3. The van der Waals surface area contributed by atoms with Gasteiger partial charge in [-0.05, 0) is 62.2 Å². The molecule has 4 N–H and O–H groups in total. The third-order valence-electron chi connectivity index (χ3n) is 10.9. The van der Waals surface area contributed by atoms with Crippen molar-refractivity contribution in [3.63, 3.8) is 0 Å². The van der Waals surface area contributed by atoms with Gasteiger partial charge in [0.05, 0.1) is 19.3 Å². The molecule has 4 heterocycles. The normalized spacial score (nSPS) is 53.9. The molecule has 6 aliphatic rings. The molecule has 4 aliphatic heterocycles. The maximum absolute atomic E-state index is 11.3. The first-order valence-electron chi connectivity index (χ1n) is 14.5. The van der Waals surface area contributed by atoms with Crippen LogP contribution in [0.1, 0.15) is 64.2 Å². The molecule has 0 aromatic rings. The maximum Gasteiger partial charge on any atom is 0.110 e. The quantitative estimate of drug-likeness (QED) is 0.456. The SMILES string of the molecule is OCC1CCN2CC(C3CCCCC32)C2C(O)NC(O)C2C2CC3CCCCC3N(CCO1)C2. The molecule has 2 saturated carbocycles. The molecule has 6 rings (SSSR count). The first kappa shape index (κ1) is 24.1. The van der Waals surface area contributed by atoms with Crippen molar-refractivity contribution in [1.82, 2.24) is 15.1 Å². The molecule has 0 amide bonds. The summed E-state index contributed by atoms with van der Waals surface area (Å²) in [4.78, 5) is 5.32. The van der Waals surface area contributed by atoms with Gasteiger partial charge >= 0.3 is 0 Å². The van der Waals surface area contributed by atoms with Crippen LogP contribution in [0.25, 0.3) is 0 Å². The van der Waals surface area contributed by atoms with E-state index in [2.05, 4.69) is 15.1 Å². The molecule has 0 aromatic heterocycles. The van der Waals surface area contributed by atoms with Crippen LogP contribution in [-0.4, -0.2) is 95.2 Å². The molecule has 7 nitrogen and oxygen atoms in total. The predicted molar refractivity (Wildman–Crippen MR) is 130 cm³/mol. The van der Waals surface area contributed by atoms with Gasteiger partial charge in [0.1, 0.15) is 12.5 Å². The van der Waals surface area contributed by atoms with Gasteiger partial charge in [-0.1, -0.05) is 25.7 Å². The van der Waals surface area contributed by atoms with E-state index < -0.39 is 12.5 Å². The molecule has 4 saturated heterocycles. The summed E-state index contributed by atoms with van der Waals surface area (Å²) in [5.74, 6) is 2.42. The van der Waals surface area contributed by atoms with Crippen LogP contribution in [0, 0.1) is 35.5 Å². The van der Waals surface area contributed by atoms with Gasteiger partial charge in [0.2, 0.25) is 0 Å². The molecule has 4 bridgehead atoms. The van der Waals surface area contributed by atoms with Gasteiger partial charge in [-0.15, -0.1) is 0 Å². The van der Waals surface area contributed by atoms with Crippen LogP contribution < -0.4 is 5.32 Å². The van der Waals surface area contributed by atoms with Crippen molar-refractivity contribution in [2.45, 2.75) is 94.9 Å². The predicted octanol–water partition coefficient (Wildman–Crippen LogP) is 1.61. The van der Waals surface area contributed by atoms with Crippen molar-refractivity contribution >= 4 is 0 Å². The highest BCUT2D eigenvalue weighted by atomic mass is 16.5. The summed E-state index contributed by atoms with van der Waals surface area (Å²) in [6, 6.07) is 1.22. The highest BCUT2D eigenvalue weighted by Gasteiger charge is 2.56. The van der Waals surface area contributed by atoms with Gasteiger partial charge in [-0.25, -0.2) is 0 Å². The number of aliphatic hydroxyl groups is 3. The van der Waals surface area contributed by atoms with E-state index in [1.54, 1.807) is 0 Å². The van der Waals surface area contributed by atoms with Crippen LogP contribution in [0.15, 0.2) is 0 Å². The smallest absolute Gasteiger partial charge is 0.110 e. The number of hydrogen-bond acceptors (Lipinski definition) is 7. The number of piperidine rings is 1. The van der Waals surface area contributed by atoms with E-state index >= 15 is 0 Å². The lowest BCUT2D eigenvalue weighted by atomic mass is 9.64. The monoisotopic (exact) mass is 477 g/mol. The Balaban J connectivity index is 1.33. The average Bonchev–Trinajstić information content (AvgIpc) is 3.36. The Bertz CT molecular complexity index is 697. The van der Waals surface area contributed by atoms with Gasteiger partial charge in [-0.2, -0.15) is 0 Å². The van der Waals surface area contributed by atoms with Crippen molar-refractivity contribution in [3.8, 4) is 0 Å². The van der Waals surface area contributed by atoms with Gasteiger partial charge in [0.25, 0.3) is 0 Å². The number of ether oxygens (including phenoxy) is 1. The number of hydrogen-bond donors (Lipinski definition) is 4. The van der Waals surface area contributed by atoms with E-state index in [-0.39, 0.29) is 24.5 Å². The van der Waals surface area contributed by atoms with Crippen LogP contribution in [0.2, 0.25) is 0 Å². The molecule has 194 valence electrons. The van der Waals surface area contributed by atoms with Crippen LogP contribution in [0.3, 0.4) is 0 Å². The van der Waals surface area contributed by atoms with Crippen LogP contribution in [0.5, 0.6) is 0 Å². The van der Waals surface area contributed by atoms with Gasteiger partial charge in [-0.3, -0.25) is 15.1 Å². The first-order valence-corrected chi connectivity index (χ1v) is 14.5. The lowest BCUT2D eigenvalue weighted by Gasteiger charge is -2.50. The van der Waals surface area contributed by atoms with Crippen molar-refractivity contribution in [2.75, 3.05) is 39.4 Å². The lowest BCUT2D eigenvalue weighted by Crippen LogP contribution is -2.54. The summed E-state index contributed by atoms with van der Waals surface area (Å²) in [6.07, 6.45) is 11.1. The summed E-state index contributed by atoms with van der Waals surface area (Å²) in [6.45, 7) is 4.67. The zero-order chi connectivity index (χ0) is 23.2. The average molecular weight is 478 g/mol. The van der Waals surface area contributed by atoms with Gasteiger partial charge in [0, 0.05) is 50.1 Å². The lowest BCUT2D eigenvalue weighted by molar-refractivity contribution is -0.0596. The summed E-state index contributed by atoms with van der Waals surface area (Å²) in [5.41, 5.74) is 0. The molecule has 34 heavy (non-hydrogen) atoms. The molecular formula is C27H47N3O4. The largest absolute Gasteiger partial charge is 0.394 e. The highest BCUT2D eigenvalue weighted by molar-refractivity contribution is 5.06. The fourth-order valence-electron chi connectivity index (χ4n) is 9.46. The first-order chi connectivity index (χ1) is 16.6. The highest BCUT2D eigenvalue weighted by Crippen LogP contribution is 2.51. The summed E-state index contributed by atoms with van der Waals surface area (Å²) < 4.78 is 6.25. The van der Waals surface area contributed by atoms with Crippen LogP contribution in [0.4, 0.5) is 0 Å². The molecule has 13 unspecified atom stereocenters. The molecule has 6 fully saturated rings. The molecule has 13 atom stereocenters. The Morgan fingerprint density at radius 2 is 1.47 bits per heavy atom. The van der Waals surface area contributed by atoms with Gasteiger partial charge in [0.15, 0.2) is 0 Å². The maximum atomic E-state index is 11.3. The number of rotatable bonds is 1. The second-order valence-electron chi connectivity index (χ2n) is 12.5. The molecule has 2 aliphatic carbocycles. The molecule has 0 spiro atoms. The Labute approximate surface area is 205 Å². The third kappa shape index (κ3) is 4.37. The van der Waals surface area contributed by atoms with Crippen molar-refractivity contribution in [3.05, 3.63) is 0 Å².